The first-order valence-corrected chi connectivity index (χ1v) is 17.3. The van der Waals surface area contributed by atoms with Gasteiger partial charge < -0.3 is 15.0 Å². The number of urea groups is 1. The van der Waals surface area contributed by atoms with Crippen molar-refractivity contribution in [3.05, 3.63) is 89.7 Å². The number of benzene rings is 3. The number of carbonyl (C=O) groups excluding carboxylic acids is 1. The maximum absolute atomic E-state index is 12.9. The number of nitrogens with one attached hydrogen (secondary N) is 1. The summed E-state index contributed by atoms with van der Waals surface area (Å²) >= 11 is 1.64. The van der Waals surface area contributed by atoms with E-state index in [-0.39, 0.29) is 23.7 Å². The second-order valence-electron chi connectivity index (χ2n) is 12.1. The third-order valence-electron chi connectivity index (χ3n) is 8.29. The van der Waals surface area contributed by atoms with Crippen LogP contribution in [0.2, 0.25) is 0 Å². The van der Waals surface area contributed by atoms with Gasteiger partial charge in [0.2, 0.25) is 0 Å². The summed E-state index contributed by atoms with van der Waals surface area (Å²) in [5.41, 5.74) is 6.17. The zero-order chi connectivity index (χ0) is 34.3. The molecule has 1 saturated heterocycles. The molecular weight excluding hydrogens is 637 g/mol. The molecule has 0 aliphatic carbocycles. The molecule has 2 unspecified atom stereocenters. The van der Waals surface area contributed by atoms with Crippen molar-refractivity contribution in [3.8, 4) is 22.8 Å². The highest BCUT2D eigenvalue weighted by atomic mass is 32.2. The van der Waals surface area contributed by atoms with Gasteiger partial charge in [-0.3, -0.25) is 0 Å². The van der Waals surface area contributed by atoms with Crippen LogP contribution in [0.25, 0.3) is 17.1 Å². The van der Waals surface area contributed by atoms with Gasteiger partial charge in [0, 0.05) is 29.6 Å². The van der Waals surface area contributed by atoms with Crippen LogP contribution in [-0.2, 0) is 6.42 Å². The molecule has 0 bridgehead atoms. The predicted molar refractivity (Wildman–Crippen MR) is 186 cm³/mol. The van der Waals surface area contributed by atoms with Crippen LogP contribution in [0.5, 0.6) is 5.75 Å². The van der Waals surface area contributed by atoms with Gasteiger partial charge in [-0.15, -0.1) is 18.3 Å². The van der Waals surface area contributed by atoms with Crippen molar-refractivity contribution >= 4 is 28.6 Å². The molecule has 0 spiro atoms. The van der Waals surface area contributed by atoms with Crippen molar-refractivity contribution in [2.24, 2.45) is 4.99 Å². The van der Waals surface area contributed by atoms with Crippen LogP contribution in [0.15, 0.2) is 78.0 Å². The van der Waals surface area contributed by atoms with Crippen molar-refractivity contribution < 1.29 is 22.7 Å². The molecule has 1 aromatic heterocycles. The van der Waals surface area contributed by atoms with Gasteiger partial charge in [-0.1, -0.05) is 68.4 Å². The van der Waals surface area contributed by atoms with Crippen molar-refractivity contribution in [1.82, 2.24) is 20.1 Å². The highest BCUT2D eigenvalue weighted by Crippen LogP contribution is 2.33. The highest BCUT2D eigenvalue weighted by molar-refractivity contribution is 8.14. The molecule has 8 nitrogen and oxygen atoms in total. The number of aliphatic imine (C=N–C) groups is 1. The van der Waals surface area contributed by atoms with E-state index in [1.54, 1.807) is 11.8 Å². The Bertz CT molecular complexity index is 1710. The number of alkyl halides is 3. The summed E-state index contributed by atoms with van der Waals surface area (Å²) in [5.74, 6) is 1.41. The number of halogens is 3. The Morgan fingerprint density at radius 3 is 2.58 bits per heavy atom. The number of aromatic nitrogens is 3. The van der Waals surface area contributed by atoms with Crippen LogP contribution in [0.1, 0.15) is 69.1 Å². The molecule has 12 heteroatoms. The number of anilines is 1. The van der Waals surface area contributed by atoms with Gasteiger partial charge in [-0.05, 0) is 92.5 Å². The fourth-order valence-corrected chi connectivity index (χ4v) is 6.90. The van der Waals surface area contributed by atoms with Crippen LogP contribution < -0.4 is 15.0 Å². The molecule has 4 aromatic rings. The predicted octanol–water partition coefficient (Wildman–Crippen LogP) is 9.08. The number of amides is 2. The largest absolute Gasteiger partial charge is 0.573 e. The topological polar surface area (TPSA) is 84.6 Å². The number of carbonyl (C=O) groups is 1. The van der Waals surface area contributed by atoms with Crippen molar-refractivity contribution in [3.63, 3.8) is 0 Å². The number of ether oxygens (including phenoxy) is 1. The molecule has 1 fully saturated rings. The minimum absolute atomic E-state index is 0.261. The van der Waals surface area contributed by atoms with Crippen molar-refractivity contribution in [2.45, 2.75) is 78.1 Å². The van der Waals surface area contributed by atoms with E-state index < -0.39 is 6.36 Å². The van der Waals surface area contributed by atoms with Crippen LogP contribution in [0, 0.1) is 6.92 Å². The highest BCUT2D eigenvalue weighted by Gasteiger charge is 2.31. The summed E-state index contributed by atoms with van der Waals surface area (Å²) in [6, 6.07) is 19.9. The average Bonchev–Trinajstić information content (AvgIpc) is 3.54. The van der Waals surface area contributed by atoms with Crippen molar-refractivity contribution in [1.29, 1.82) is 0 Å². The van der Waals surface area contributed by atoms with E-state index >= 15 is 0 Å². The lowest BCUT2D eigenvalue weighted by Gasteiger charge is -2.37. The number of hydrogen-bond donors (Lipinski definition) is 1. The van der Waals surface area contributed by atoms with E-state index in [0.717, 1.165) is 59.8 Å². The molecule has 1 aliphatic rings. The summed E-state index contributed by atoms with van der Waals surface area (Å²) < 4.78 is 42.8. The first-order valence-electron chi connectivity index (χ1n) is 16.3. The standard InChI is InChI=1S/C36H41F3N6O2S/c1-5-7-28-10-9-24(2)22-32(28)45-26(4)19-21-48-35(45)42-34(46)40-20-6-8-25(3)27-11-13-29(14-12-27)33-41-23-44(43-33)30-15-17-31(18-16-30)47-36(37,38)39/h9-18,22-23,25-26H,5-8,19-21H2,1-4H3,(H,40,46). The summed E-state index contributed by atoms with van der Waals surface area (Å²) in [5, 5.41) is 8.23. The van der Waals surface area contributed by atoms with Gasteiger partial charge in [0.25, 0.3) is 0 Å². The van der Waals surface area contributed by atoms with Gasteiger partial charge in [0.05, 0.1) is 5.69 Å². The Morgan fingerprint density at radius 1 is 1.12 bits per heavy atom. The van der Waals surface area contributed by atoms with Gasteiger partial charge in [-0.2, -0.15) is 4.99 Å². The maximum atomic E-state index is 12.9. The lowest BCUT2D eigenvalue weighted by atomic mass is 9.95. The van der Waals surface area contributed by atoms with Gasteiger partial charge in [-0.25, -0.2) is 14.5 Å². The fraction of sp³-hybridized carbons (Fsp3) is 0.389. The van der Waals surface area contributed by atoms with E-state index in [0.29, 0.717) is 18.1 Å². The Morgan fingerprint density at radius 2 is 1.88 bits per heavy atom. The zero-order valence-corrected chi connectivity index (χ0v) is 28.4. The molecule has 2 heterocycles. The van der Waals surface area contributed by atoms with E-state index in [2.05, 4.69) is 75.9 Å². The SMILES string of the molecule is CCCc1ccc(C)cc1N1C(=NC(=O)NCCCC(C)c2ccc(-c3ncn(-c4ccc(OC(F)(F)F)cc4)n3)cc2)SCCC1C. The fourth-order valence-electron chi connectivity index (χ4n) is 5.69. The normalized spacial score (nSPS) is 16.6. The van der Waals surface area contributed by atoms with Crippen LogP contribution >= 0.6 is 11.8 Å². The first-order chi connectivity index (χ1) is 23.0. The number of thioether (sulfide) groups is 1. The Balaban J connectivity index is 1.13. The second kappa shape index (κ2) is 15.7. The molecular formula is C36H41F3N6O2S. The molecule has 48 heavy (non-hydrogen) atoms. The van der Waals surface area contributed by atoms with Crippen LogP contribution in [0.4, 0.5) is 23.7 Å². The zero-order valence-electron chi connectivity index (χ0n) is 27.6. The third-order valence-corrected chi connectivity index (χ3v) is 9.27. The van der Waals surface area contributed by atoms with Crippen molar-refractivity contribution in [2.75, 3.05) is 17.2 Å². The molecule has 0 saturated carbocycles. The Hall–Kier alpha value is -4.32. The summed E-state index contributed by atoms with van der Waals surface area (Å²) in [6.07, 6.45) is 1.54. The van der Waals surface area contributed by atoms with Crippen LogP contribution in [0.3, 0.4) is 0 Å². The molecule has 2 amide bonds. The maximum Gasteiger partial charge on any atom is 0.573 e. The molecule has 2 atom stereocenters. The van der Waals surface area contributed by atoms with Gasteiger partial charge in [0.1, 0.15) is 12.1 Å². The third kappa shape index (κ3) is 9.18. The monoisotopic (exact) mass is 678 g/mol. The minimum atomic E-state index is -4.74. The van der Waals surface area contributed by atoms with E-state index in [4.69, 9.17) is 0 Å². The summed E-state index contributed by atoms with van der Waals surface area (Å²) in [6.45, 7) is 9.17. The second-order valence-corrected chi connectivity index (χ2v) is 13.1. The molecule has 1 N–H and O–H groups in total. The van der Waals surface area contributed by atoms with E-state index in [1.165, 1.54) is 46.4 Å². The first kappa shape index (κ1) is 35.0. The molecule has 3 aromatic carbocycles. The van der Waals surface area contributed by atoms with Gasteiger partial charge in [0.15, 0.2) is 11.0 Å². The van der Waals surface area contributed by atoms with E-state index in [1.807, 2.05) is 24.3 Å². The lowest BCUT2D eigenvalue weighted by molar-refractivity contribution is -0.274. The average molecular weight is 679 g/mol. The number of hydrogen-bond acceptors (Lipinski definition) is 5. The molecule has 254 valence electrons. The Kier molecular flexibility index (Phi) is 11.5. The quantitative estimate of drug-likeness (QED) is 0.159. The molecule has 0 radical (unpaired) electrons. The Labute approximate surface area is 283 Å². The van der Waals surface area contributed by atoms with Gasteiger partial charge >= 0.3 is 12.4 Å². The van der Waals surface area contributed by atoms with E-state index in [9.17, 15) is 18.0 Å². The van der Waals surface area contributed by atoms with Crippen LogP contribution in [-0.4, -0.2) is 50.7 Å². The number of nitrogens with zero attached hydrogens (tertiary/aromatic N) is 5. The number of amidine groups is 1. The number of rotatable bonds is 11. The number of aryl methyl sites for hydroxylation is 2. The summed E-state index contributed by atoms with van der Waals surface area (Å²) in [4.78, 5) is 24.0. The minimum Gasteiger partial charge on any atom is -0.406 e. The summed E-state index contributed by atoms with van der Waals surface area (Å²) in [7, 11) is 0. The smallest absolute Gasteiger partial charge is 0.406 e. The molecule has 1 aliphatic heterocycles. The molecule has 5 rings (SSSR count). The lowest BCUT2D eigenvalue weighted by Crippen LogP contribution is -2.42.